The highest BCUT2D eigenvalue weighted by atomic mass is 32.1. The first kappa shape index (κ1) is 14.3. The highest BCUT2D eigenvalue weighted by Crippen LogP contribution is 2.20. The van der Waals surface area contributed by atoms with Gasteiger partial charge in [-0.05, 0) is 38.4 Å². The van der Waals surface area contributed by atoms with Crippen LogP contribution in [0.2, 0.25) is 0 Å². The molecule has 0 spiro atoms. The summed E-state index contributed by atoms with van der Waals surface area (Å²) < 4.78 is 0. The van der Waals surface area contributed by atoms with Crippen molar-refractivity contribution in [1.29, 1.82) is 0 Å². The lowest BCUT2D eigenvalue weighted by molar-refractivity contribution is -0.136. The van der Waals surface area contributed by atoms with E-state index in [1.54, 1.807) is 0 Å². The molecular weight excluding hydrogens is 262 g/mol. The van der Waals surface area contributed by atoms with Gasteiger partial charge in [0.15, 0.2) is 5.13 Å². The molecule has 0 aliphatic carbocycles. The predicted molar refractivity (Wildman–Crippen MR) is 76.8 cm³/mol. The topological polar surface area (TPSA) is 65.5 Å². The SMILES string of the molecule is CCN1CCC(CNc2nc(CC(=O)O)cs2)CC1. The van der Waals surface area contributed by atoms with Crippen LogP contribution in [-0.4, -0.2) is 47.1 Å². The molecule has 0 bridgehead atoms. The van der Waals surface area contributed by atoms with Crippen molar-refractivity contribution in [3.63, 3.8) is 0 Å². The minimum absolute atomic E-state index is 0.00701. The first-order chi connectivity index (χ1) is 9.17. The number of aliphatic carboxylic acids is 1. The number of likely N-dealkylation sites (tertiary alicyclic amines) is 1. The van der Waals surface area contributed by atoms with Gasteiger partial charge in [-0.2, -0.15) is 0 Å². The lowest BCUT2D eigenvalue weighted by Gasteiger charge is -2.30. The Hall–Kier alpha value is -1.14. The molecule has 2 rings (SSSR count). The average molecular weight is 283 g/mol. The number of nitrogens with zero attached hydrogens (tertiary/aromatic N) is 2. The summed E-state index contributed by atoms with van der Waals surface area (Å²) in [6.07, 6.45) is 2.47. The maximum absolute atomic E-state index is 10.6. The fraction of sp³-hybridized carbons (Fsp3) is 0.692. The van der Waals surface area contributed by atoms with Crippen molar-refractivity contribution in [3.05, 3.63) is 11.1 Å². The monoisotopic (exact) mass is 283 g/mol. The van der Waals surface area contributed by atoms with Crippen molar-refractivity contribution < 1.29 is 9.90 Å². The smallest absolute Gasteiger partial charge is 0.309 e. The molecule has 0 saturated carbocycles. The molecule has 0 amide bonds. The van der Waals surface area contributed by atoms with Gasteiger partial charge in [-0.1, -0.05) is 6.92 Å². The highest BCUT2D eigenvalue weighted by molar-refractivity contribution is 7.13. The molecule has 6 heteroatoms. The Labute approximate surface area is 117 Å². The molecule has 1 saturated heterocycles. The highest BCUT2D eigenvalue weighted by Gasteiger charge is 2.18. The number of hydrogen-bond donors (Lipinski definition) is 2. The van der Waals surface area contributed by atoms with Crippen molar-refractivity contribution in [1.82, 2.24) is 9.88 Å². The van der Waals surface area contributed by atoms with E-state index in [2.05, 4.69) is 22.1 Å². The fourth-order valence-corrected chi connectivity index (χ4v) is 3.08. The zero-order valence-electron chi connectivity index (χ0n) is 11.3. The van der Waals surface area contributed by atoms with E-state index in [0.29, 0.717) is 11.6 Å². The van der Waals surface area contributed by atoms with E-state index in [9.17, 15) is 4.79 Å². The molecule has 0 atom stereocenters. The number of piperidine rings is 1. The van der Waals surface area contributed by atoms with Crippen LogP contribution >= 0.6 is 11.3 Å². The average Bonchev–Trinajstić information content (AvgIpc) is 2.84. The molecule has 1 fully saturated rings. The van der Waals surface area contributed by atoms with Crippen LogP contribution in [0.4, 0.5) is 5.13 Å². The van der Waals surface area contributed by atoms with Gasteiger partial charge in [0.25, 0.3) is 0 Å². The zero-order valence-corrected chi connectivity index (χ0v) is 12.1. The predicted octanol–water partition coefficient (Wildman–Crippen LogP) is 1.91. The van der Waals surface area contributed by atoms with E-state index in [1.807, 2.05) is 5.38 Å². The third-order valence-electron chi connectivity index (χ3n) is 3.58. The van der Waals surface area contributed by atoms with Crippen molar-refractivity contribution in [3.8, 4) is 0 Å². The van der Waals surface area contributed by atoms with Crippen LogP contribution in [0, 0.1) is 5.92 Å². The molecule has 1 aliphatic rings. The number of anilines is 1. The number of nitrogens with one attached hydrogen (secondary N) is 1. The molecular formula is C13H21N3O2S. The summed E-state index contributed by atoms with van der Waals surface area (Å²) in [6.45, 7) is 6.66. The van der Waals surface area contributed by atoms with Crippen molar-refractivity contribution in [2.24, 2.45) is 5.92 Å². The molecule has 1 aromatic rings. The largest absolute Gasteiger partial charge is 0.481 e. The Bertz CT molecular complexity index is 414. The molecule has 0 radical (unpaired) electrons. The van der Waals surface area contributed by atoms with Crippen LogP contribution in [0.15, 0.2) is 5.38 Å². The lowest BCUT2D eigenvalue weighted by atomic mass is 9.97. The van der Waals surface area contributed by atoms with E-state index in [-0.39, 0.29) is 6.42 Å². The molecule has 1 aromatic heterocycles. The van der Waals surface area contributed by atoms with E-state index < -0.39 is 5.97 Å². The van der Waals surface area contributed by atoms with Crippen LogP contribution in [0.3, 0.4) is 0 Å². The lowest BCUT2D eigenvalue weighted by Crippen LogP contribution is -2.35. The molecule has 5 nitrogen and oxygen atoms in total. The standard InChI is InChI=1S/C13H21N3O2S/c1-2-16-5-3-10(4-6-16)8-14-13-15-11(9-19-13)7-12(17)18/h9-10H,2-8H2,1H3,(H,14,15)(H,17,18). The summed E-state index contributed by atoms with van der Waals surface area (Å²) in [5.74, 6) is -0.126. The number of carboxylic acid groups (broad SMARTS) is 1. The Morgan fingerprint density at radius 1 is 1.58 bits per heavy atom. The Morgan fingerprint density at radius 3 is 2.95 bits per heavy atom. The van der Waals surface area contributed by atoms with Gasteiger partial charge >= 0.3 is 5.97 Å². The third kappa shape index (κ3) is 4.47. The second-order valence-corrected chi connectivity index (χ2v) is 5.83. The van der Waals surface area contributed by atoms with E-state index in [1.165, 1.54) is 37.3 Å². The summed E-state index contributed by atoms with van der Waals surface area (Å²) in [4.78, 5) is 17.3. The van der Waals surface area contributed by atoms with Crippen molar-refractivity contribution >= 4 is 22.4 Å². The summed E-state index contributed by atoms with van der Waals surface area (Å²) in [6, 6.07) is 0. The Morgan fingerprint density at radius 2 is 2.32 bits per heavy atom. The van der Waals surface area contributed by atoms with Gasteiger partial charge in [-0.25, -0.2) is 4.98 Å². The van der Waals surface area contributed by atoms with Crippen molar-refractivity contribution in [2.45, 2.75) is 26.2 Å². The quantitative estimate of drug-likeness (QED) is 0.835. The summed E-state index contributed by atoms with van der Waals surface area (Å²) in [5.41, 5.74) is 0.640. The number of thiazole rings is 1. The van der Waals surface area contributed by atoms with Crippen molar-refractivity contribution in [2.75, 3.05) is 31.5 Å². The first-order valence-corrected chi connectivity index (χ1v) is 7.67. The van der Waals surface area contributed by atoms with Crippen LogP contribution in [0.5, 0.6) is 0 Å². The molecule has 19 heavy (non-hydrogen) atoms. The van der Waals surface area contributed by atoms with Gasteiger partial charge in [-0.15, -0.1) is 11.3 Å². The fourth-order valence-electron chi connectivity index (χ4n) is 2.36. The molecule has 106 valence electrons. The van der Waals surface area contributed by atoms with Gasteiger partial charge in [0.05, 0.1) is 12.1 Å². The molecule has 0 aromatic carbocycles. The zero-order chi connectivity index (χ0) is 13.7. The first-order valence-electron chi connectivity index (χ1n) is 6.79. The number of carbonyl (C=O) groups is 1. The van der Waals surface area contributed by atoms with E-state index >= 15 is 0 Å². The minimum Gasteiger partial charge on any atom is -0.481 e. The Balaban J connectivity index is 1.73. The maximum atomic E-state index is 10.6. The van der Waals surface area contributed by atoms with E-state index in [0.717, 1.165) is 18.2 Å². The molecule has 2 N–H and O–H groups in total. The van der Waals surface area contributed by atoms with Crippen LogP contribution in [0.25, 0.3) is 0 Å². The van der Waals surface area contributed by atoms with Crippen LogP contribution in [-0.2, 0) is 11.2 Å². The van der Waals surface area contributed by atoms with Gasteiger partial charge < -0.3 is 15.3 Å². The number of hydrogen-bond acceptors (Lipinski definition) is 5. The molecule has 2 heterocycles. The second-order valence-electron chi connectivity index (χ2n) is 4.97. The van der Waals surface area contributed by atoms with Crippen LogP contribution < -0.4 is 5.32 Å². The molecule has 1 aliphatic heterocycles. The van der Waals surface area contributed by atoms with Gasteiger partial charge in [0.2, 0.25) is 0 Å². The van der Waals surface area contributed by atoms with Gasteiger partial charge in [-0.3, -0.25) is 4.79 Å². The molecule has 0 unspecified atom stereocenters. The van der Waals surface area contributed by atoms with E-state index in [4.69, 9.17) is 5.11 Å². The van der Waals surface area contributed by atoms with Gasteiger partial charge in [0.1, 0.15) is 0 Å². The van der Waals surface area contributed by atoms with Gasteiger partial charge in [0, 0.05) is 11.9 Å². The summed E-state index contributed by atoms with van der Waals surface area (Å²) >= 11 is 1.49. The maximum Gasteiger partial charge on any atom is 0.309 e. The summed E-state index contributed by atoms with van der Waals surface area (Å²) in [7, 11) is 0. The summed E-state index contributed by atoms with van der Waals surface area (Å²) in [5, 5.41) is 14.7. The number of carboxylic acids is 1. The van der Waals surface area contributed by atoms with Crippen LogP contribution in [0.1, 0.15) is 25.5 Å². The number of rotatable bonds is 6. The third-order valence-corrected chi connectivity index (χ3v) is 4.43. The normalized spacial score (nSPS) is 17.5. The minimum atomic E-state index is -0.830. The Kier molecular flexibility index (Phi) is 5.15. The number of aromatic nitrogens is 1. The second kappa shape index (κ2) is 6.86.